The molecule has 0 bridgehead atoms. The number of allylic oxidation sites excluding steroid dienone is 2. The monoisotopic (exact) mass is 341 g/mol. The van der Waals surface area contributed by atoms with Gasteiger partial charge < -0.3 is 9.64 Å². The molecule has 130 valence electrons. The molecule has 3 unspecified atom stereocenters. The van der Waals surface area contributed by atoms with E-state index in [0.717, 1.165) is 13.0 Å². The third-order valence-electron chi connectivity index (χ3n) is 5.73. The van der Waals surface area contributed by atoms with Crippen molar-refractivity contribution in [2.24, 2.45) is 5.92 Å². The van der Waals surface area contributed by atoms with Crippen LogP contribution < -0.4 is 0 Å². The van der Waals surface area contributed by atoms with Crippen molar-refractivity contribution in [2.75, 3.05) is 6.61 Å². The van der Waals surface area contributed by atoms with Crippen LogP contribution in [0.4, 0.5) is 0 Å². The van der Waals surface area contributed by atoms with Crippen LogP contribution in [0, 0.1) is 5.92 Å². The Morgan fingerprint density at radius 2 is 1.81 bits per heavy atom. The Balaban J connectivity index is 1.65. The van der Waals surface area contributed by atoms with E-state index in [1.165, 1.54) is 28.0 Å². The molecule has 3 atom stereocenters. The molecular weight excluding hydrogens is 318 g/mol. The Morgan fingerprint density at radius 1 is 1.00 bits per heavy atom. The summed E-state index contributed by atoms with van der Waals surface area (Å²) in [5.74, 6) is 0.403. The van der Waals surface area contributed by atoms with Crippen molar-refractivity contribution in [2.45, 2.75) is 25.6 Å². The highest BCUT2D eigenvalue weighted by atomic mass is 16.5. The van der Waals surface area contributed by atoms with E-state index in [1.807, 2.05) is 0 Å². The van der Waals surface area contributed by atoms with Crippen molar-refractivity contribution in [3.8, 4) is 0 Å². The fourth-order valence-corrected chi connectivity index (χ4v) is 4.29. The maximum atomic E-state index is 6.37. The lowest BCUT2D eigenvalue weighted by Gasteiger charge is -2.49. The van der Waals surface area contributed by atoms with E-state index in [-0.39, 0.29) is 6.23 Å². The molecule has 0 N–H and O–H groups in total. The summed E-state index contributed by atoms with van der Waals surface area (Å²) in [7, 11) is 0. The summed E-state index contributed by atoms with van der Waals surface area (Å²) in [5, 5.41) is 0. The van der Waals surface area contributed by atoms with E-state index < -0.39 is 0 Å². The fourth-order valence-electron chi connectivity index (χ4n) is 4.29. The van der Waals surface area contributed by atoms with Gasteiger partial charge in [0, 0.05) is 17.2 Å². The van der Waals surface area contributed by atoms with Crippen LogP contribution in [0.3, 0.4) is 0 Å². The standard InChI is InChI=1S/C24H23NO/c1-2-17-11-13-18(14-12-17)23-15-19-7-3-5-9-21(19)24-25(23)22-10-6-4-8-20(22)16-26-24/h3-15,20,22,24H,2,16H2,1H3. The molecule has 2 heterocycles. The largest absolute Gasteiger partial charge is 0.353 e. The van der Waals surface area contributed by atoms with Gasteiger partial charge in [0.15, 0.2) is 6.23 Å². The van der Waals surface area contributed by atoms with Crippen LogP contribution in [-0.2, 0) is 11.2 Å². The van der Waals surface area contributed by atoms with Gasteiger partial charge in [-0.2, -0.15) is 0 Å². The molecule has 1 saturated heterocycles. The van der Waals surface area contributed by atoms with E-state index in [4.69, 9.17) is 4.74 Å². The fraction of sp³-hybridized carbons (Fsp3) is 0.250. The van der Waals surface area contributed by atoms with E-state index in [1.54, 1.807) is 0 Å². The number of hydrogen-bond acceptors (Lipinski definition) is 2. The van der Waals surface area contributed by atoms with Crippen molar-refractivity contribution in [3.63, 3.8) is 0 Å². The second kappa shape index (κ2) is 6.30. The molecule has 5 rings (SSSR count). The van der Waals surface area contributed by atoms with Gasteiger partial charge in [0.25, 0.3) is 0 Å². The smallest absolute Gasteiger partial charge is 0.157 e. The lowest BCUT2D eigenvalue weighted by molar-refractivity contribution is -0.106. The number of rotatable bonds is 2. The number of nitrogens with zero attached hydrogens (tertiary/aromatic N) is 1. The summed E-state index contributed by atoms with van der Waals surface area (Å²) in [6.07, 6.45) is 12.3. The van der Waals surface area contributed by atoms with Gasteiger partial charge in [0.05, 0.1) is 12.6 Å². The number of benzene rings is 2. The molecular formula is C24H23NO. The maximum Gasteiger partial charge on any atom is 0.157 e. The molecule has 0 radical (unpaired) electrons. The lowest BCUT2D eigenvalue weighted by Crippen LogP contribution is -2.49. The zero-order chi connectivity index (χ0) is 17.5. The minimum Gasteiger partial charge on any atom is -0.353 e. The normalized spacial score (nSPS) is 26.0. The van der Waals surface area contributed by atoms with Crippen molar-refractivity contribution < 1.29 is 4.74 Å². The first kappa shape index (κ1) is 15.7. The topological polar surface area (TPSA) is 12.5 Å². The Labute approximate surface area is 155 Å². The first-order valence-corrected chi connectivity index (χ1v) is 9.50. The van der Waals surface area contributed by atoms with E-state index >= 15 is 0 Å². The van der Waals surface area contributed by atoms with Gasteiger partial charge in [-0.3, -0.25) is 0 Å². The highest BCUT2D eigenvalue weighted by molar-refractivity contribution is 5.84. The zero-order valence-electron chi connectivity index (χ0n) is 15.0. The average Bonchev–Trinajstić information content (AvgIpc) is 2.73. The summed E-state index contributed by atoms with van der Waals surface area (Å²) in [6.45, 7) is 2.96. The maximum absolute atomic E-state index is 6.37. The summed E-state index contributed by atoms with van der Waals surface area (Å²) < 4.78 is 6.37. The molecule has 26 heavy (non-hydrogen) atoms. The molecule has 2 aliphatic heterocycles. The van der Waals surface area contributed by atoms with Gasteiger partial charge in [0.2, 0.25) is 0 Å². The predicted molar refractivity (Wildman–Crippen MR) is 106 cm³/mol. The highest BCUT2D eigenvalue weighted by Crippen LogP contribution is 2.45. The number of aryl methyl sites for hydroxylation is 1. The molecule has 2 aromatic carbocycles. The molecule has 0 spiro atoms. The Bertz CT molecular complexity index is 906. The van der Waals surface area contributed by atoms with Crippen molar-refractivity contribution in [1.29, 1.82) is 0 Å². The van der Waals surface area contributed by atoms with Crippen LogP contribution in [0.2, 0.25) is 0 Å². The van der Waals surface area contributed by atoms with Gasteiger partial charge in [-0.1, -0.05) is 79.8 Å². The SMILES string of the molecule is CCc1ccc(C2=Cc3ccccc3C3OCC4C=CC=CC4N23)cc1. The predicted octanol–water partition coefficient (Wildman–Crippen LogP) is 5.20. The summed E-state index contributed by atoms with van der Waals surface area (Å²) in [6, 6.07) is 17.9. The number of ether oxygens (including phenoxy) is 1. The molecule has 3 aliphatic rings. The van der Waals surface area contributed by atoms with Gasteiger partial charge in [-0.15, -0.1) is 0 Å². The van der Waals surface area contributed by atoms with Crippen LogP contribution in [0.1, 0.15) is 35.4 Å². The Morgan fingerprint density at radius 3 is 2.65 bits per heavy atom. The van der Waals surface area contributed by atoms with E-state index in [0.29, 0.717) is 12.0 Å². The van der Waals surface area contributed by atoms with Crippen LogP contribution in [0.25, 0.3) is 11.8 Å². The molecule has 2 aromatic rings. The Kier molecular flexibility index (Phi) is 3.79. The molecule has 0 aromatic heterocycles. The summed E-state index contributed by atoms with van der Waals surface area (Å²) in [4.78, 5) is 2.47. The van der Waals surface area contributed by atoms with Crippen molar-refractivity contribution in [1.82, 2.24) is 4.90 Å². The third kappa shape index (κ3) is 2.45. The van der Waals surface area contributed by atoms with Gasteiger partial charge in [-0.25, -0.2) is 0 Å². The van der Waals surface area contributed by atoms with Gasteiger partial charge in [-0.05, 0) is 29.2 Å². The van der Waals surface area contributed by atoms with Crippen molar-refractivity contribution in [3.05, 3.63) is 95.1 Å². The molecule has 1 fully saturated rings. The first-order valence-electron chi connectivity index (χ1n) is 9.50. The van der Waals surface area contributed by atoms with Crippen LogP contribution >= 0.6 is 0 Å². The summed E-state index contributed by atoms with van der Waals surface area (Å²) in [5.41, 5.74) is 6.41. The van der Waals surface area contributed by atoms with E-state index in [9.17, 15) is 0 Å². The van der Waals surface area contributed by atoms with Crippen molar-refractivity contribution >= 4 is 11.8 Å². The van der Waals surface area contributed by atoms with Gasteiger partial charge in [0.1, 0.15) is 0 Å². The zero-order valence-corrected chi connectivity index (χ0v) is 15.0. The second-order valence-electron chi connectivity index (χ2n) is 7.23. The highest BCUT2D eigenvalue weighted by Gasteiger charge is 2.41. The third-order valence-corrected chi connectivity index (χ3v) is 5.73. The van der Waals surface area contributed by atoms with Crippen LogP contribution in [-0.4, -0.2) is 17.5 Å². The average molecular weight is 341 g/mol. The minimum atomic E-state index is -0.0190. The summed E-state index contributed by atoms with van der Waals surface area (Å²) >= 11 is 0. The number of fused-ring (bicyclic) bond motifs is 5. The van der Waals surface area contributed by atoms with Crippen LogP contribution in [0.15, 0.2) is 72.8 Å². The van der Waals surface area contributed by atoms with Crippen LogP contribution in [0.5, 0.6) is 0 Å². The Hall–Kier alpha value is -2.58. The molecule has 2 nitrogen and oxygen atoms in total. The number of hydrogen-bond donors (Lipinski definition) is 0. The molecule has 0 saturated carbocycles. The minimum absolute atomic E-state index is 0.0190. The molecule has 0 amide bonds. The lowest BCUT2D eigenvalue weighted by atomic mass is 9.87. The quantitative estimate of drug-likeness (QED) is 0.744. The second-order valence-corrected chi connectivity index (χ2v) is 7.23. The molecule has 1 aliphatic carbocycles. The molecule has 2 heteroatoms. The van der Waals surface area contributed by atoms with E-state index in [2.05, 4.69) is 90.7 Å². The first-order chi connectivity index (χ1) is 12.8. The van der Waals surface area contributed by atoms with Gasteiger partial charge >= 0.3 is 0 Å².